The van der Waals surface area contributed by atoms with Crippen molar-refractivity contribution < 1.29 is 23.9 Å². The van der Waals surface area contributed by atoms with Crippen LogP contribution in [0.5, 0.6) is 0 Å². The van der Waals surface area contributed by atoms with Gasteiger partial charge in [-0.3, -0.25) is 19.2 Å². The zero-order valence-electron chi connectivity index (χ0n) is 33.9. The topological polar surface area (TPSA) is 128 Å². The number of ether oxygens (including phenoxy) is 1. The van der Waals surface area contributed by atoms with E-state index in [1.54, 1.807) is 4.90 Å². The Labute approximate surface area is 345 Å². The van der Waals surface area contributed by atoms with Gasteiger partial charge in [-0.1, -0.05) is 91.0 Å². The van der Waals surface area contributed by atoms with E-state index in [-0.39, 0.29) is 36.5 Å². The predicted octanol–water partition coefficient (Wildman–Crippen LogP) is 8.75. The average molecular weight is 790 g/mol. The quantitative estimate of drug-likeness (QED) is 0.119. The van der Waals surface area contributed by atoms with E-state index >= 15 is 0 Å². The summed E-state index contributed by atoms with van der Waals surface area (Å²) in [7, 11) is 0. The van der Waals surface area contributed by atoms with Gasteiger partial charge in [-0.15, -0.1) is 0 Å². The maximum atomic E-state index is 14.1. The molecule has 2 aromatic heterocycles. The number of rotatable bonds is 12. The highest BCUT2D eigenvalue weighted by Gasteiger charge is 2.39. The first-order valence-corrected chi connectivity index (χ1v) is 20.7. The van der Waals surface area contributed by atoms with Crippen molar-refractivity contribution in [2.45, 2.75) is 89.3 Å². The number of benzene rings is 4. The maximum absolute atomic E-state index is 14.1. The minimum atomic E-state index is -0.731. The summed E-state index contributed by atoms with van der Waals surface area (Å²) in [6.07, 6.45) is 5.51. The first kappa shape index (κ1) is 39.5. The molecule has 4 heterocycles. The number of aromatic nitrogens is 3. The van der Waals surface area contributed by atoms with Crippen LogP contribution >= 0.6 is 0 Å². The van der Waals surface area contributed by atoms with Crippen molar-refractivity contribution in [1.29, 1.82) is 0 Å². The molecule has 59 heavy (non-hydrogen) atoms. The van der Waals surface area contributed by atoms with Crippen molar-refractivity contribution in [3.63, 3.8) is 0 Å². The van der Waals surface area contributed by atoms with Gasteiger partial charge in [-0.05, 0) is 92.5 Å². The normalized spacial score (nSPS) is 17.3. The zero-order chi connectivity index (χ0) is 41.1. The number of nitrogens with zero attached hydrogens (tertiary/aromatic N) is 3. The SMILES string of the molecule is CC(C)(C)OC(=O)C[C@@H](C(=O)N1CCC[C@H]1C(=O)Cc1ccc2[nH]c(-c3ccc(-c4cnc([C@@H]5CCCN5C(=O)Cc5ccccc5)[nH]4)cc3)cc2c1)c1ccccc1. The first-order valence-electron chi connectivity index (χ1n) is 20.7. The number of carbonyl (C=O) groups excluding carboxylic acids is 4. The van der Waals surface area contributed by atoms with Gasteiger partial charge < -0.3 is 24.5 Å². The number of amides is 2. The lowest BCUT2D eigenvalue weighted by atomic mass is 9.93. The number of hydrogen-bond acceptors (Lipinski definition) is 6. The summed E-state index contributed by atoms with van der Waals surface area (Å²) in [6.45, 7) is 6.64. The van der Waals surface area contributed by atoms with Gasteiger partial charge in [0.05, 0.1) is 42.7 Å². The lowest BCUT2D eigenvalue weighted by Crippen LogP contribution is -2.44. The fourth-order valence-electron chi connectivity index (χ4n) is 8.62. The Morgan fingerprint density at radius 1 is 0.746 bits per heavy atom. The minimum absolute atomic E-state index is 0.00739. The molecular weight excluding hydrogens is 739 g/mol. The molecule has 2 aliphatic rings. The smallest absolute Gasteiger partial charge is 0.307 e. The van der Waals surface area contributed by atoms with Crippen LogP contribution < -0.4 is 0 Å². The molecule has 0 bridgehead atoms. The standard InChI is InChI=1S/C49H51N5O5/c1-49(2,3)59-46(57)30-38(34-14-8-5-9-15-34)48(58)54-25-10-16-42(54)44(55)27-33-18-23-39-37(26-33)29-40(51-39)35-19-21-36(22-20-35)41-31-50-47(52-41)43-17-11-24-53(43)45(56)28-32-12-6-4-7-13-32/h4-9,12-15,18-23,26,29,31,38,42-43,51H,10-11,16-17,24-25,27-28,30H2,1-3H3,(H,50,52)/t38-,42+,43+/m1/s1. The molecule has 0 unspecified atom stereocenters. The lowest BCUT2D eigenvalue weighted by Gasteiger charge is -2.29. The second-order valence-electron chi connectivity index (χ2n) is 16.9. The molecule has 3 atom stereocenters. The summed E-state index contributed by atoms with van der Waals surface area (Å²) in [5, 5.41) is 0.997. The van der Waals surface area contributed by atoms with Crippen molar-refractivity contribution in [2.75, 3.05) is 13.1 Å². The van der Waals surface area contributed by atoms with E-state index in [9.17, 15) is 19.2 Å². The molecule has 6 aromatic rings. The van der Waals surface area contributed by atoms with Gasteiger partial charge in [0.25, 0.3) is 0 Å². The second kappa shape index (κ2) is 16.9. The van der Waals surface area contributed by atoms with E-state index < -0.39 is 23.5 Å². The molecule has 10 heteroatoms. The van der Waals surface area contributed by atoms with Crippen molar-refractivity contribution in [2.24, 2.45) is 0 Å². The molecule has 2 saturated heterocycles. The van der Waals surface area contributed by atoms with Crippen LogP contribution in [0.3, 0.4) is 0 Å². The molecule has 0 saturated carbocycles. The monoisotopic (exact) mass is 789 g/mol. The summed E-state index contributed by atoms with van der Waals surface area (Å²) < 4.78 is 5.59. The number of ketones is 1. The number of likely N-dealkylation sites (tertiary alicyclic amines) is 2. The van der Waals surface area contributed by atoms with E-state index in [1.165, 1.54) is 0 Å². The summed E-state index contributed by atoms with van der Waals surface area (Å²) in [5.41, 5.74) is 6.82. The third-order valence-corrected chi connectivity index (χ3v) is 11.5. The molecule has 4 aromatic carbocycles. The molecule has 2 amide bonds. The number of aromatic amines is 2. The van der Waals surface area contributed by atoms with Gasteiger partial charge in [0.2, 0.25) is 11.8 Å². The number of H-pyrrole nitrogens is 2. The van der Waals surface area contributed by atoms with Crippen LogP contribution in [0.1, 0.15) is 87.3 Å². The number of carbonyl (C=O) groups is 4. The molecular formula is C49H51N5O5. The number of imidazole rings is 1. The number of esters is 1. The number of nitrogens with one attached hydrogen (secondary N) is 2. The van der Waals surface area contributed by atoms with Gasteiger partial charge in [0, 0.05) is 36.1 Å². The van der Waals surface area contributed by atoms with Gasteiger partial charge in [0.15, 0.2) is 5.78 Å². The summed E-state index contributed by atoms with van der Waals surface area (Å²) in [5.74, 6) is -0.457. The molecule has 2 aliphatic heterocycles. The highest BCUT2D eigenvalue weighted by Crippen LogP contribution is 2.34. The fourth-order valence-corrected chi connectivity index (χ4v) is 8.62. The second-order valence-corrected chi connectivity index (χ2v) is 16.9. The third-order valence-electron chi connectivity index (χ3n) is 11.5. The Morgan fingerprint density at radius 3 is 2.15 bits per heavy atom. The van der Waals surface area contributed by atoms with Crippen molar-refractivity contribution in [1.82, 2.24) is 24.8 Å². The van der Waals surface area contributed by atoms with E-state index in [0.29, 0.717) is 19.4 Å². The first-order chi connectivity index (χ1) is 28.5. The van der Waals surface area contributed by atoms with Crippen LogP contribution in [-0.4, -0.2) is 73.1 Å². The Balaban J connectivity index is 0.921. The van der Waals surface area contributed by atoms with Crippen LogP contribution in [-0.2, 0) is 36.8 Å². The largest absolute Gasteiger partial charge is 0.460 e. The Kier molecular flexibility index (Phi) is 11.3. The number of fused-ring (bicyclic) bond motifs is 1. The zero-order valence-corrected chi connectivity index (χ0v) is 33.9. The Morgan fingerprint density at radius 2 is 1.42 bits per heavy atom. The van der Waals surface area contributed by atoms with Crippen molar-refractivity contribution in [3.8, 4) is 22.5 Å². The number of hydrogen-bond donors (Lipinski definition) is 2. The van der Waals surface area contributed by atoms with Crippen molar-refractivity contribution >= 4 is 34.5 Å². The molecule has 2 N–H and O–H groups in total. The van der Waals surface area contributed by atoms with Crippen molar-refractivity contribution in [3.05, 3.63) is 138 Å². The van der Waals surface area contributed by atoms with Crippen LogP contribution in [0, 0.1) is 0 Å². The minimum Gasteiger partial charge on any atom is -0.460 e. The van der Waals surface area contributed by atoms with Crippen LogP contribution in [0.4, 0.5) is 0 Å². The highest BCUT2D eigenvalue weighted by molar-refractivity contribution is 5.95. The molecule has 0 spiro atoms. The maximum Gasteiger partial charge on any atom is 0.307 e. The summed E-state index contributed by atoms with van der Waals surface area (Å²) in [4.78, 5) is 69.5. The van der Waals surface area contributed by atoms with Crippen LogP contribution in [0.15, 0.2) is 115 Å². The number of Topliss-reactive ketones (excluding diaryl/α,β-unsaturated/α-hetero) is 1. The third kappa shape index (κ3) is 9.07. The van der Waals surface area contributed by atoms with E-state index in [4.69, 9.17) is 9.72 Å². The fraction of sp³-hybridized carbons (Fsp3) is 0.327. The van der Waals surface area contributed by atoms with Gasteiger partial charge >= 0.3 is 5.97 Å². The van der Waals surface area contributed by atoms with Gasteiger partial charge in [-0.2, -0.15) is 0 Å². The van der Waals surface area contributed by atoms with Gasteiger partial charge in [-0.25, -0.2) is 4.98 Å². The molecule has 0 radical (unpaired) electrons. The molecule has 0 aliphatic carbocycles. The van der Waals surface area contributed by atoms with Crippen LogP contribution in [0.25, 0.3) is 33.4 Å². The Bertz CT molecular complexity index is 2450. The van der Waals surface area contributed by atoms with E-state index in [1.807, 2.05) is 111 Å². The van der Waals surface area contributed by atoms with Crippen LogP contribution in [0.2, 0.25) is 0 Å². The highest BCUT2D eigenvalue weighted by atomic mass is 16.6. The Hall–Kier alpha value is -6.29. The summed E-state index contributed by atoms with van der Waals surface area (Å²) in [6, 6.07) is 35.0. The molecule has 8 rings (SSSR count). The molecule has 10 nitrogen and oxygen atoms in total. The van der Waals surface area contributed by atoms with E-state index in [2.05, 4.69) is 40.3 Å². The predicted molar refractivity (Wildman–Crippen MR) is 228 cm³/mol. The molecule has 2 fully saturated rings. The van der Waals surface area contributed by atoms with E-state index in [0.717, 1.165) is 81.7 Å². The molecule has 302 valence electrons. The average Bonchev–Trinajstić information content (AvgIpc) is 4.06. The summed E-state index contributed by atoms with van der Waals surface area (Å²) >= 11 is 0. The van der Waals surface area contributed by atoms with Gasteiger partial charge in [0.1, 0.15) is 11.4 Å². The lowest BCUT2D eigenvalue weighted by molar-refractivity contribution is -0.157.